The number of carboxylic acid groups (broad SMARTS) is 1. The summed E-state index contributed by atoms with van der Waals surface area (Å²) in [6.07, 6.45) is 7.39. The van der Waals surface area contributed by atoms with E-state index in [2.05, 4.69) is 39.1 Å². The Kier molecular flexibility index (Phi) is 47.0. The molecular weight excluding hydrogens is 624 g/mol. The van der Waals surface area contributed by atoms with Crippen molar-refractivity contribution in [2.45, 2.75) is 79.1 Å². The number of carboxylic acids is 1. The van der Waals surface area contributed by atoms with Gasteiger partial charge in [-0.2, -0.15) is 25.3 Å². The first kappa shape index (κ1) is 48.8. The van der Waals surface area contributed by atoms with Crippen LogP contribution in [0.5, 0.6) is 0 Å². The van der Waals surface area contributed by atoms with Gasteiger partial charge in [-0.1, -0.05) is 53.4 Å². The molecule has 0 unspecified atom stereocenters. The Morgan fingerprint density at radius 3 is 1.13 bits per heavy atom. The van der Waals surface area contributed by atoms with Gasteiger partial charge < -0.3 is 43.4 Å². The van der Waals surface area contributed by atoms with Crippen molar-refractivity contribution in [2.75, 3.05) is 104 Å². The maximum atomic E-state index is 11.9. The molecule has 2 N–H and O–H groups in total. The summed E-state index contributed by atoms with van der Waals surface area (Å²) in [6.45, 7) is 15.1. The second-order valence-electron chi connectivity index (χ2n) is 9.90. The molecule has 0 saturated heterocycles. The van der Waals surface area contributed by atoms with Crippen LogP contribution in [0.15, 0.2) is 0 Å². The van der Waals surface area contributed by atoms with Crippen molar-refractivity contribution in [3.05, 3.63) is 0 Å². The third kappa shape index (κ3) is 41.3. The number of hydrogen-bond acceptors (Lipinski definition) is 12. The molecule has 0 radical (unpaired) electrons. The lowest BCUT2D eigenvalue weighted by molar-refractivity contribution is -0.150. The van der Waals surface area contributed by atoms with Gasteiger partial charge in [0.25, 0.3) is 0 Å². The molecule has 272 valence electrons. The molecule has 0 amide bonds. The molecule has 0 atom stereocenters. The molecule has 0 saturated carbocycles. The number of esters is 1. The van der Waals surface area contributed by atoms with Gasteiger partial charge in [0.15, 0.2) is 0 Å². The number of aliphatic carboxylic acids is 1. The number of aliphatic hydroxyl groups is 1. The summed E-state index contributed by atoms with van der Waals surface area (Å²) < 4.78 is 36.4. The van der Waals surface area contributed by atoms with Crippen LogP contribution in [0.4, 0.5) is 0 Å². The number of carbonyl (C=O) groups excluding carboxylic acids is 1. The molecule has 0 aromatic carbocycles. The highest BCUT2D eigenvalue weighted by molar-refractivity contribution is 7.80. The molecule has 0 rings (SSSR count). The SMILES string of the molecule is CCCC(CCC)C(=O)O.CCCC(CCC)C(=O)OCCOCCOCCOCCS.OCCOCCOCCOCCS. The summed E-state index contributed by atoms with van der Waals surface area (Å²) in [4.78, 5) is 22.3. The van der Waals surface area contributed by atoms with Gasteiger partial charge in [0, 0.05) is 11.5 Å². The van der Waals surface area contributed by atoms with Crippen LogP contribution in [0, 0.1) is 11.8 Å². The van der Waals surface area contributed by atoms with Crippen LogP contribution in [0.25, 0.3) is 0 Å². The molecule has 0 aliphatic carbocycles. The zero-order valence-electron chi connectivity index (χ0n) is 28.6. The average Bonchev–Trinajstić information content (AvgIpc) is 3.03. The van der Waals surface area contributed by atoms with Crippen LogP contribution >= 0.6 is 25.3 Å². The number of rotatable bonds is 31. The standard InChI is InChI=1S/C16H32O5S.C8H18O4S.C8H16O2/c1-3-5-15(6-4-2)16(17)21-12-11-19-8-7-18-9-10-20-13-14-22;9-1-2-10-3-4-11-5-6-12-7-8-13;1-3-5-7(6-4-2)8(9)10/h15,22H,3-14H2,1-2H3;9,13H,1-8H2;7H,3-6H2,1-2H3,(H,9,10). The van der Waals surface area contributed by atoms with Crippen molar-refractivity contribution >= 4 is 37.2 Å². The van der Waals surface area contributed by atoms with Crippen LogP contribution in [-0.2, 0) is 42.7 Å². The monoisotopic (exact) mass is 690 g/mol. The lowest BCUT2D eigenvalue weighted by Crippen LogP contribution is -2.20. The van der Waals surface area contributed by atoms with Crippen molar-refractivity contribution in [1.29, 1.82) is 0 Å². The summed E-state index contributed by atoms with van der Waals surface area (Å²) in [5.41, 5.74) is 0. The smallest absolute Gasteiger partial charge is 0.309 e. The van der Waals surface area contributed by atoms with Crippen molar-refractivity contribution < 1.29 is 53.0 Å². The summed E-state index contributed by atoms with van der Waals surface area (Å²) >= 11 is 8.03. The minimum absolute atomic E-state index is 0.0376. The molecule has 0 aromatic rings. The van der Waals surface area contributed by atoms with E-state index >= 15 is 0 Å². The van der Waals surface area contributed by atoms with E-state index in [-0.39, 0.29) is 24.4 Å². The number of hydrogen-bond donors (Lipinski definition) is 4. The number of aliphatic hydroxyl groups excluding tert-OH is 1. The fourth-order valence-corrected chi connectivity index (χ4v) is 4.02. The summed E-state index contributed by atoms with van der Waals surface area (Å²) in [6, 6.07) is 0. The fraction of sp³-hybridized carbons (Fsp3) is 0.938. The second kappa shape index (κ2) is 43.4. The highest BCUT2D eigenvalue weighted by atomic mass is 32.1. The van der Waals surface area contributed by atoms with Crippen LogP contribution in [-0.4, -0.2) is 126 Å². The fourth-order valence-electron chi connectivity index (χ4n) is 3.76. The first-order valence-electron chi connectivity index (χ1n) is 16.6. The Bertz CT molecular complexity index is 567. The van der Waals surface area contributed by atoms with Gasteiger partial charge in [0.05, 0.1) is 97.7 Å². The van der Waals surface area contributed by atoms with Crippen LogP contribution < -0.4 is 0 Å². The van der Waals surface area contributed by atoms with E-state index in [1.54, 1.807) is 0 Å². The zero-order chi connectivity index (χ0) is 34.2. The maximum Gasteiger partial charge on any atom is 0.309 e. The second-order valence-corrected chi connectivity index (χ2v) is 10.8. The predicted molar refractivity (Wildman–Crippen MR) is 185 cm³/mol. The Hall–Kier alpha value is -0.640. The minimum Gasteiger partial charge on any atom is -0.481 e. The van der Waals surface area contributed by atoms with Gasteiger partial charge in [-0.25, -0.2) is 0 Å². The number of ether oxygens (including phenoxy) is 7. The quantitative estimate of drug-likeness (QED) is 0.0446. The molecule has 0 spiro atoms. The first-order chi connectivity index (χ1) is 21.9. The first-order valence-corrected chi connectivity index (χ1v) is 17.8. The van der Waals surface area contributed by atoms with Crippen molar-refractivity contribution in [1.82, 2.24) is 0 Å². The molecule has 13 heteroatoms. The molecule has 45 heavy (non-hydrogen) atoms. The number of thiol groups is 2. The van der Waals surface area contributed by atoms with Gasteiger partial charge in [0.2, 0.25) is 0 Å². The van der Waals surface area contributed by atoms with E-state index in [9.17, 15) is 9.59 Å². The van der Waals surface area contributed by atoms with Crippen molar-refractivity contribution in [2.24, 2.45) is 11.8 Å². The predicted octanol–water partition coefficient (Wildman–Crippen LogP) is 4.97. The third-order valence-electron chi connectivity index (χ3n) is 5.90. The lowest BCUT2D eigenvalue weighted by Gasteiger charge is -2.14. The highest BCUT2D eigenvalue weighted by Crippen LogP contribution is 2.15. The zero-order valence-corrected chi connectivity index (χ0v) is 30.4. The summed E-state index contributed by atoms with van der Waals surface area (Å²) in [7, 11) is 0. The molecule has 0 heterocycles. The van der Waals surface area contributed by atoms with Crippen molar-refractivity contribution in [3.63, 3.8) is 0 Å². The highest BCUT2D eigenvalue weighted by Gasteiger charge is 2.17. The van der Waals surface area contributed by atoms with E-state index in [0.717, 1.165) is 62.9 Å². The van der Waals surface area contributed by atoms with Gasteiger partial charge in [-0.3, -0.25) is 9.59 Å². The topological polar surface area (TPSA) is 139 Å². The molecular formula is C32H66O11S2. The summed E-state index contributed by atoms with van der Waals surface area (Å²) in [5.74, 6) is 0.665. The average molecular weight is 691 g/mol. The van der Waals surface area contributed by atoms with Crippen molar-refractivity contribution in [3.8, 4) is 0 Å². The number of carbonyl (C=O) groups is 2. The van der Waals surface area contributed by atoms with E-state index in [4.69, 9.17) is 43.4 Å². The molecule has 0 fully saturated rings. The van der Waals surface area contributed by atoms with Gasteiger partial charge in [-0.05, 0) is 25.7 Å². The molecule has 0 bridgehead atoms. The van der Waals surface area contributed by atoms with Gasteiger partial charge >= 0.3 is 11.9 Å². The van der Waals surface area contributed by atoms with E-state index in [1.165, 1.54) is 0 Å². The Labute approximate surface area is 284 Å². The molecule has 11 nitrogen and oxygen atoms in total. The summed E-state index contributed by atoms with van der Waals surface area (Å²) in [5, 5.41) is 17.0. The lowest BCUT2D eigenvalue weighted by atomic mass is 9.99. The Morgan fingerprint density at radius 2 is 0.822 bits per heavy atom. The maximum absolute atomic E-state index is 11.9. The van der Waals surface area contributed by atoms with E-state index in [0.29, 0.717) is 85.9 Å². The van der Waals surface area contributed by atoms with Crippen LogP contribution in [0.1, 0.15) is 79.1 Å². The molecule has 0 aliphatic rings. The normalized spacial score (nSPS) is 10.8. The molecule has 0 aliphatic heterocycles. The minimum atomic E-state index is -0.635. The Balaban J connectivity index is -0.000000649. The van der Waals surface area contributed by atoms with Crippen LogP contribution in [0.3, 0.4) is 0 Å². The third-order valence-corrected chi connectivity index (χ3v) is 6.26. The van der Waals surface area contributed by atoms with E-state index in [1.807, 2.05) is 13.8 Å². The molecule has 0 aromatic heterocycles. The Morgan fingerprint density at radius 1 is 0.511 bits per heavy atom. The largest absolute Gasteiger partial charge is 0.481 e. The van der Waals surface area contributed by atoms with E-state index < -0.39 is 5.97 Å². The van der Waals surface area contributed by atoms with Crippen LogP contribution in [0.2, 0.25) is 0 Å². The van der Waals surface area contributed by atoms with Gasteiger partial charge in [0.1, 0.15) is 6.61 Å². The van der Waals surface area contributed by atoms with Gasteiger partial charge in [-0.15, -0.1) is 0 Å².